The van der Waals surface area contributed by atoms with Gasteiger partial charge in [-0.3, -0.25) is 0 Å². The molecule has 0 aliphatic carbocycles. The summed E-state index contributed by atoms with van der Waals surface area (Å²) < 4.78 is 40.3. The van der Waals surface area contributed by atoms with Gasteiger partial charge in [0.1, 0.15) is 25.2 Å². The normalized spacial score (nSPS) is 14.2. The standard InChI is InChI=1S/C4H4F2O3S/c5-1-3-8-10(7)9-4-2-6/h1-4H. The van der Waals surface area contributed by atoms with Gasteiger partial charge in [0.15, 0.2) is 0 Å². The summed E-state index contributed by atoms with van der Waals surface area (Å²) in [5.41, 5.74) is 0. The minimum Gasteiger partial charge on any atom is -0.377 e. The van der Waals surface area contributed by atoms with Crippen molar-refractivity contribution in [3.8, 4) is 0 Å². The molecule has 0 bridgehead atoms. The summed E-state index contributed by atoms with van der Waals surface area (Å²) in [4.78, 5) is 0. The molecule has 0 saturated heterocycles. The molecule has 0 atom stereocenters. The van der Waals surface area contributed by atoms with Gasteiger partial charge in [-0.15, -0.1) is 0 Å². The third-order valence-corrected chi connectivity index (χ3v) is 0.908. The zero-order valence-corrected chi connectivity index (χ0v) is 5.51. The van der Waals surface area contributed by atoms with Crippen molar-refractivity contribution in [3.05, 3.63) is 25.2 Å². The molecule has 10 heavy (non-hydrogen) atoms. The van der Waals surface area contributed by atoms with Crippen molar-refractivity contribution in [1.82, 2.24) is 0 Å². The van der Waals surface area contributed by atoms with Crippen LogP contribution >= 0.6 is 0 Å². The maximum Gasteiger partial charge on any atom is 0.416 e. The molecule has 0 N–H and O–H groups in total. The maximum absolute atomic E-state index is 11.1. The predicted molar refractivity (Wildman–Crippen MR) is 30.8 cm³/mol. The van der Waals surface area contributed by atoms with Crippen LogP contribution < -0.4 is 0 Å². The van der Waals surface area contributed by atoms with Gasteiger partial charge in [0.2, 0.25) is 0 Å². The first-order chi connectivity index (χ1) is 4.81. The van der Waals surface area contributed by atoms with Crippen LogP contribution in [-0.2, 0) is 19.7 Å². The van der Waals surface area contributed by atoms with Gasteiger partial charge in [0.25, 0.3) is 0 Å². The maximum atomic E-state index is 11.1. The minimum atomic E-state index is -2.17. The van der Waals surface area contributed by atoms with Crippen molar-refractivity contribution in [3.63, 3.8) is 0 Å². The Balaban J connectivity index is 3.44. The van der Waals surface area contributed by atoms with Crippen LogP contribution in [0.1, 0.15) is 0 Å². The van der Waals surface area contributed by atoms with Gasteiger partial charge in [-0.05, 0) is 0 Å². The molecule has 3 nitrogen and oxygen atoms in total. The fourth-order valence-electron chi connectivity index (χ4n) is 0.155. The van der Waals surface area contributed by atoms with Gasteiger partial charge in [0.05, 0.1) is 0 Å². The second kappa shape index (κ2) is 6.21. The van der Waals surface area contributed by atoms with Crippen molar-refractivity contribution in [2.24, 2.45) is 0 Å². The fourth-order valence-corrected chi connectivity index (χ4v) is 0.466. The van der Waals surface area contributed by atoms with Crippen LogP contribution in [0.25, 0.3) is 0 Å². The first-order valence-electron chi connectivity index (χ1n) is 2.07. The lowest BCUT2D eigenvalue weighted by atomic mass is 11.1. The summed E-state index contributed by atoms with van der Waals surface area (Å²) in [7, 11) is 0. The molecule has 0 saturated carbocycles. The van der Waals surface area contributed by atoms with E-state index in [0.717, 1.165) is 0 Å². The fraction of sp³-hybridized carbons (Fsp3) is 0. The van der Waals surface area contributed by atoms with E-state index >= 15 is 0 Å². The summed E-state index contributed by atoms with van der Waals surface area (Å²) in [5, 5.41) is 0. The summed E-state index contributed by atoms with van der Waals surface area (Å²) in [5.74, 6) is 0. The number of hydrogen-bond donors (Lipinski definition) is 0. The zero-order valence-electron chi connectivity index (χ0n) is 4.70. The van der Waals surface area contributed by atoms with Crippen molar-refractivity contribution >= 4 is 11.4 Å². The first kappa shape index (κ1) is 9.09. The van der Waals surface area contributed by atoms with Crippen LogP contribution in [0.2, 0.25) is 0 Å². The van der Waals surface area contributed by atoms with Gasteiger partial charge in [-0.25, -0.2) is 8.78 Å². The lowest BCUT2D eigenvalue weighted by Gasteiger charge is -1.93. The third kappa shape index (κ3) is 5.23. The van der Waals surface area contributed by atoms with E-state index in [4.69, 9.17) is 0 Å². The van der Waals surface area contributed by atoms with Crippen molar-refractivity contribution < 1.29 is 21.4 Å². The van der Waals surface area contributed by atoms with Crippen molar-refractivity contribution in [2.45, 2.75) is 0 Å². The third-order valence-electron chi connectivity index (χ3n) is 0.371. The monoisotopic (exact) mass is 170 g/mol. The van der Waals surface area contributed by atoms with Crippen LogP contribution in [0.15, 0.2) is 25.2 Å². The Morgan fingerprint density at radius 2 is 1.50 bits per heavy atom. The average Bonchev–Trinajstić information content (AvgIpc) is 1.97. The Labute approximate surface area is 58.8 Å². The Bertz CT molecular complexity index is 141. The molecular formula is C4H4F2O3S. The molecule has 58 valence electrons. The molecular weight excluding hydrogens is 166 g/mol. The molecule has 0 aromatic carbocycles. The highest BCUT2D eigenvalue weighted by Crippen LogP contribution is 1.91. The molecule has 0 fully saturated rings. The van der Waals surface area contributed by atoms with Gasteiger partial charge in [-0.2, -0.15) is 4.21 Å². The molecule has 0 spiro atoms. The van der Waals surface area contributed by atoms with Crippen LogP contribution in [0.3, 0.4) is 0 Å². The van der Waals surface area contributed by atoms with E-state index in [2.05, 4.69) is 8.37 Å². The average molecular weight is 170 g/mol. The highest BCUT2D eigenvalue weighted by atomic mass is 32.2. The number of halogens is 2. The van der Waals surface area contributed by atoms with Crippen LogP contribution in [0, 0.1) is 0 Å². The van der Waals surface area contributed by atoms with Crippen molar-refractivity contribution in [2.75, 3.05) is 0 Å². The minimum absolute atomic E-state index is 0.0282. The lowest BCUT2D eigenvalue weighted by Crippen LogP contribution is -1.90. The molecule has 0 unspecified atom stereocenters. The van der Waals surface area contributed by atoms with Crippen LogP contribution in [0.5, 0.6) is 0 Å². The van der Waals surface area contributed by atoms with Crippen LogP contribution in [0.4, 0.5) is 8.78 Å². The van der Waals surface area contributed by atoms with Crippen molar-refractivity contribution in [1.29, 1.82) is 0 Å². The largest absolute Gasteiger partial charge is 0.416 e. The Hall–Kier alpha value is -0.910. The smallest absolute Gasteiger partial charge is 0.377 e. The summed E-state index contributed by atoms with van der Waals surface area (Å²) in [6.45, 7) is 0. The highest BCUT2D eigenvalue weighted by molar-refractivity contribution is 7.75. The second-order valence-corrected chi connectivity index (χ2v) is 1.71. The molecule has 0 aliphatic rings. The van der Waals surface area contributed by atoms with E-state index in [0.29, 0.717) is 12.5 Å². The second-order valence-electron chi connectivity index (χ2n) is 0.921. The Morgan fingerprint density at radius 1 is 1.10 bits per heavy atom. The molecule has 0 amide bonds. The molecule has 0 radical (unpaired) electrons. The van der Waals surface area contributed by atoms with Gasteiger partial charge in [0, 0.05) is 0 Å². The molecule has 0 aromatic rings. The Morgan fingerprint density at radius 3 is 1.80 bits per heavy atom. The van der Waals surface area contributed by atoms with E-state index in [1.165, 1.54) is 0 Å². The first-order valence-corrected chi connectivity index (χ1v) is 3.07. The predicted octanol–water partition coefficient (Wildman–Crippen LogP) is 1.48. The van der Waals surface area contributed by atoms with Gasteiger partial charge in [-0.1, -0.05) is 0 Å². The van der Waals surface area contributed by atoms with E-state index in [1.807, 2.05) is 0 Å². The summed E-state index contributed by atoms with van der Waals surface area (Å²) in [6.07, 6.45) is 1.09. The quantitative estimate of drug-likeness (QED) is 0.599. The van der Waals surface area contributed by atoms with Crippen LogP contribution in [-0.4, -0.2) is 4.21 Å². The topological polar surface area (TPSA) is 35.5 Å². The van der Waals surface area contributed by atoms with E-state index in [1.54, 1.807) is 0 Å². The van der Waals surface area contributed by atoms with E-state index < -0.39 is 11.4 Å². The zero-order chi connectivity index (χ0) is 7.82. The summed E-state index contributed by atoms with van der Waals surface area (Å²) >= 11 is -2.17. The molecule has 0 heterocycles. The lowest BCUT2D eigenvalue weighted by molar-refractivity contribution is 0.384. The Kier molecular flexibility index (Phi) is 5.65. The van der Waals surface area contributed by atoms with E-state index in [9.17, 15) is 13.0 Å². The van der Waals surface area contributed by atoms with Gasteiger partial charge >= 0.3 is 11.4 Å². The summed E-state index contributed by atoms with van der Waals surface area (Å²) in [6, 6.07) is 0. The number of hydrogen-bond acceptors (Lipinski definition) is 3. The molecule has 6 heteroatoms. The molecule has 0 aliphatic heterocycles. The van der Waals surface area contributed by atoms with Gasteiger partial charge < -0.3 is 8.37 Å². The molecule has 0 rings (SSSR count). The highest BCUT2D eigenvalue weighted by Gasteiger charge is 1.92. The van der Waals surface area contributed by atoms with E-state index in [-0.39, 0.29) is 12.7 Å². The molecule has 0 aromatic heterocycles. The SMILES string of the molecule is O=S(OC=CF)OC=CF. The number of rotatable bonds is 4.